The van der Waals surface area contributed by atoms with E-state index in [0.29, 0.717) is 17.1 Å². The number of thiocarbonyl (C=S) groups is 1. The average Bonchev–Trinajstić information content (AvgIpc) is 3.15. The molecule has 0 spiro atoms. The summed E-state index contributed by atoms with van der Waals surface area (Å²) in [5, 5.41) is 19.8. The maximum atomic E-state index is 12.2. The van der Waals surface area contributed by atoms with E-state index >= 15 is 0 Å². The third-order valence-corrected chi connectivity index (χ3v) is 5.19. The van der Waals surface area contributed by atoms with Crippen molar-refractivity contribution >= 4 is 63.5 Å². The Labute approximate surface area is 166 Å². The Hall–Kier alpha value is -2.69. The molecule has 3 rings (SSSR count). The minimum absolute atomic E-state index is 0.0117. The van der Waals surface area contributed by atoms with Gasteiger partial charge in [-0.2, -0.15) is 0 Å². The molecule has 1 amide bonds. The Bertz CT molecular complexity index is 1020. The summed E-state index contributed by atoms with van der Waals surface area (Å²) in [6.45, 7) is -0.514. The van der Waals surface area contributed by atoms with Crippen molar-refractivity contribution in [1.29, 1.82) is 0 Å². The van der Waals surface area contributed by atoms with Crippen LogP contribution in [0.4, 0.5) is 5.69 Å². The summed E-state index contributed by atoms with van der Waals surface area (Å²) in [6.07, 6.45) is 1.44. The van der Waals surface area contributed by atoms with Gasteiger partial charge in [-0.25, -0.2) is 0 Å². The largest absolute Gasteiger partial charge is 0.480 e. The molecule has 0 bridgehead atoms. The Morgan fingerprint density at radius 3 is 2.81 bits per heavy atom. The van der Waals surface area contributed by atoms with E-state index in [0.717, 1.165) is 16.7 Å². The standard InChI is InChI=1S/C16H9ClN2O6S2/c17-10-3-1-8(5-11(10)19(23)24)12-4-2-9(25-12)6-13-15(22)18(7-14(20)21)16(26)27-13/h1-6H,7H2,(H,20,21)/b13-6-. The predicted molar refractivity (Wildman–Crippen MR) is 103 cm³/mol. The van der Waals surface area contributed by atoms with Crippen LogP contribution in [0.2, 0.25) is 5.02 Å². The fourth-order valence-electron chi connectivity index (χ4n) is 2.29. The monoisotopic (exact) mass is 424 g/mol. The second-order valence-corrected chi connectivity index (χ2v) is 7.37. The molecule has 2 heterocycles. The molecule has 1 N–H and O–H groups in total. The Balaban J connectivity index is 1.87. The first-order chi connectivity index (χ1) is 12.8. The summed E-state index contributed by atoms with van der Waals surface area (Å²) < 4.78 is 5.77. The lowest BCUT2D eigenvalue weighted by Gasteiger charge is -2.09. The molecule has 1 aromatic heterocycles. The van der Waals surface area contributed by atoms with E-state index in [4.69, 9.17) is 33.3 Å². The van der Waals surface area contributed by atoms with E-state index < -0.39 is 23.3 Å². The maximum absolute atomic E-state index is 12.2. The summed E-state index contributed by atoms with van der Waals surface area (Å²) in [6, 6.07) is 7.44. The number of nitro groups is 1. The molecular formula is C16H9ClN2O6S2. The van der Waals surface area contributed by atoms with Crippen LogP contribution < -0.4 is 0 Å². The van der Waals surface area contributed by atoms with Crippen LogP contribution >= 0.6 is 35.6 Å². The van der Waals surface area contributed by atoms with E-state index in [1.807, 2.05) is 0 Å². The highest BCUT2D eigenvalue weighted by Gasteiger charge is 2.33. The van der Waals surface area contributed by atoms with E-state index in [9.17, 15) is 19.7 Å². The van der Waals surface area contributed by atoms with E-state index in [-0.39, 0.29) is 19.9 Å². The van der Waals surface area contributed by atoms with Gasteiger partial charge in [0, 0.05) is 17.7 Å². The zero-order chi connectivity index (χ0) is 19.7. The third kappa shape index (κ3) is 4.02. The molecular weight excluding hydrogens is 416 g/mol. The van der Waals surface area contributed by atoms with Gasteiger partial charge in [-0.3, -0.25) is 24.6 Å². The first kappa shape index (κ1) is 19.1. The lowest BCUT2D eigenvalue weighted by molar-refractivity contribution is -0.384. The number of halogens is 1. The summed E-state index contributed by atoms with van der Waals surface area (Å²) >= 11 is 11.8. The van der Waals surface area contributed by atoms with Crippen molar-refractivity contribution in [2.45, 2.75) is 0 Å². The van der Waals surface area contributed by atoms with Crippen molar-refractivity contribution < 1.29 is 24.0 Å². The van der Waals surface area contributed by atoms with Crippen LogP contribution in [0, 0.1) is 10.1 Å². The van der Waals surface area contributed by atoms with E-state index in [2.05, 4.69) is 0 Å². The quantitative estimate of drug-likeness (QED) is 0.333. The number of furan rings is 1. The minimum Gasteiger partial charge on any atom is -0.480 e. The van der Waals surface area contributed by atoms with Gasteiger partial charge < -0.3 is 9.52 Å². The molecule has 11 heteroatoms. The number of benzene rings is 1. The minimum atomic E-state index is -1.17. The Kier molecular flexibility index (Phi) is 5.31. The number of rotatable bonds is 5. The van der Waals surface area contributed by atoms with Gasteiger partial charge in [0.2, 0.25) is 0 Å². The van der Waals surface area contributed by atoms with Gasteiger partial charge in [0.25, 0.3) is 11.6 Å². The number of carboxylic acids is 1. The molecule has 1 saturated heterocycles. The number of carboxylic acid groups (broad SMARTS) is 1. The molecule has 138 valence electrons. The number of nitrogens with zero attached hydrogens (tertiary/aromatic N) is 2. The number of carbonyl (C=O) groups excluding carboxylic acids is 1. The lowest BCUT2D eigenvalue weighted by Crippen LogP contribution is -2.33. The first-order valence-corrected chi connectivity index (χ1v) is 8.88. The van der Waals surface area contributed by atoms with Crippen LogP contribution in [0.15, 0.2) is 39.7 Å². The third-order valence-electron chi connectivity index (χ3n) is 3.49. The molecule has 0 aliphatic carbocycles. The molecule has 0 saturated carbocycles. The van der Waals surface area contributed by atoms with Crippen molar-refractivity contribution in [3.63, 3.8) is 0 Å². The van der Waals surface area contributed by atoms with Crippen LogP contribution in [0.3, 0.4) is 0 Å². The molecule has 8 nitrogen and oxygen atoms in total. The number of nitro benzene ring substituents is 1. The molecule has 1 aliphatic rings. The zero-order valence-corrected chi connectivity index (χ0v) is 15.6. The summed E-state index contributed by atoms with van der Waals surface area (Å²) in [7, 11) is 0. The number of aliphatic carboxylic acids is 1. The predicted octanol–water partition coefficient (Wildman–Crippen LogP) is 3.79. The fraction of sp³-hybridized carbons (Fsp3) is 0.0625. The molecule has 0 atom stereocenters. The molecule has 2 aromatic rings. The van der Waals surface area contributed by atoms with Gasteiger partial charge >= 0.3 is 5.97 Å². The Morgan fingerprint density at radius 1 is 1.41 bits per heavy atom. The number of thioether (sulfide) groups is 1. The van der Waals surface area contributed by atoms with Crippen LogP contribution in [-0.4, -0.2) is 37.7 Å². The van der Waals surface area contributed by atoms with E-state index in [1.54, 1.807) is 18.2 Å². The van der Waals surface area contributed by atoms with Crippen LogP contribution in [0.1, 0.15) is 5.76 Å². The van der Waals surface area contributed by atoms with Gasteiger partial charge in [-0.15, -0.1) is 0 Å². The summed E-state index contributed by atoms with van der Waals surface area (Å²) in [5.41, 5.74) is 0.200. The SMILES string of the molecule is O=C(O)CN1C(=O)/C(=C/c2ccc(-c3ccc(Cl)c([N+](=O)[O-])c3)o2)SC1=S. The summed E-state index contributed by atoms with van der Waals surface area (Å²) in [4.78, 5) is 34.7. The normalized spacial score (nSPS) is 15.6. The van der Waals surface area contributed by atoms with Crippen molar-refractivity contribution in [2.75, 3.05) is 6.54 Å². The van der Waals surface area contributed by atoms with Gasteiger partial charge in [-0.1, -0.05) is 35.6 Å². The highest BCUT2D eigenvalue weighted by molar-refractivity contribution is 8.26. The molecule has 1 aliphatic heterocycles. The number of amides is 1. The Morgan fingerprint density at radius 2 is 2.15 bits per heavy atom. The topological polar surface area (TPSA) is 114 Å². The number of hydrogen-bond donors (Lipinski definition) is 1. The second-order valence-electron chi connectivity index (χ2n) is 5.29. The molecule has 0 radical (unpaired) electrons. The smallest absolute Gasteiger partial charge is 0.323 e. The van der Waals surface area contributed by atoms with Crippen molar-refractivity contribution in [2.24, 2.45) is 0 Å². The van der Waals surface area contributed by atoms with Crippen molar-refractivity contribution in [1.82, 2.24) is 4.90 Å². The number of hydrogen-bond acceptors (Lipinski definition) is 7. The van der Waals surface area contributed by atoms with Gasteiger partial charge in [0.15, 0.2) is 0 Å². The molecule has 1 aromatic carbocycles. The van der Waals surface area contributed by atoms with Crippen molar-refractivity contribution in [3.05, 3.63) is 56.1 Å². The highest BCUT2D eigenvalue weighted by atomic mass is 35.5. The zero-order valence-electron chi connectivity index (χ0n) is 13.2. The second kappa shape index (κ2) is 7.51. The van der Waals surface area contributed by atoms with Crippen LogP contribution in [0.5, 0.6) is 0 Å². The van der Waals surface area contributed by atoms with Crippen LogP contribution in [0.25, 0.3) is 17.4 Å². The fourth-order valence-corrected chi connectivity index (χ4v) is 3.71. The average molecular weight is 425 g/mol. The molecule has 27 heavy (non-hydrogen) atoms. The van der Waals surface area contributed by atoms with E-state index in [1.165, 1.54) is 18.2 Å². The van der Waals surface area contributed by atoms with Crippen molar-refractivity contribution in [3.8, 4) is 11.3 Å². The maximum Gasteiger partial charge on any atom is 0.323 e. The van der Waals surface area contributed by atoms with Gasteiger partial charge in [-0.05, 0) is 24.3 Å². The number of carbonyl (C=O) groups is 2. The van der Waals surface area contributed by atoms with Gasteiger partial charge in [0.05, 0.1) is 9.83 Å². The molecule has 1 fully saturated rings. The first-order valence-electron chi connectivity index (χ1n) is 7.27. The summed E-state index contributed by atoms with van der Waals surface area (Å²) in [5.74, 6) is -1.02. The molecule has 0 unspecified atom stereocenters. The highest BCUT2D eigenvalue weighted by Crippen LogP contribution is 2.34. The van der Waals surface area contributed by atoms with Crippen LogP contribution in [-0.2, 0) is 9.59 Å². The lowest BCUT2D eigenvalue weighted by atomic mass is 10.1. The van der Waals surface area contributed by atoms with Gasteiger partial charge in [0.1, 0.15) is 27.4 Å².